The molecular formula is C14H10ClNO2S. The zero-order valence-corrected chi connectivity index (χ0v) is 11.7. The van der Waals surface area contributed by atoms with Gasteiger partial charge < -0.3 is 4.42 Å². The molecule has 0 aliphatic heterocycles. The highest BCUT2D eigenvalue weighted by atomic mass is 35.5. The molecule has 5 heteroatoms. The second-order valence-corrected chi connectivity index (χ2v) is 5.75. The summed E-state index contributed by atoms with van der Waals surface area (Å²) in [6.45, 7) is 1.92. The molecule has 19 heavy (non-hydrogen) atoms. The maximum atomic E-state index is 12.1. The van der Waals surface area contributed by atoms with E-state index in [1.54, 1.807) is 24.3 Å². The van der Waals surface area contributed by atoms with Gasteiger partial charge in [0.05, 0.1) is 17.1 Å². The van der Waals surface area contributed by atoms with Crippen LogP contribution in [0.3, 0.4) is 0 Å². The van der Waals surface area contributed by atoms with Gasteiger partial charge in [-0.1, -0.05) is 11.6 Å². The van der Waals surface area contributed by atoms with E-state index < -0.39 is 0 Å². The van der Waals surface area contributed by atoms with Crippen molar-refractivity contribution in [1.29, 1.82) is 0 Å². The highest BCUT2D eigenvalue weighted by Crippen LogP contribution is 2.24. The van der Waals surface area contributed by atoms with Crippen molar-refractivity contribution >= 4 is 39.7 Å². The lowest BCUT2D eigenvalue weighted by Gasteiger charge is -1.93. The van der Waals surface area contributed by atoms with Gasteiger partial charge in [0.15, 0.2) is 5.76 Å². The second kappa shape index (κ2) is 4.79. The number of carbonyl (C=O) groups is 1. The fraction of sp³-hybridized carbons (Fsp3) is 0.143. The lowest BCUT2D eigenvalue weighted by molar-refractivity contribution is 0.0967. The molecule has 0 spiro atoms. The predicted molar refractivity (Wildman–Crippen MR) is 76.1 cm³/mol. The van der Waals surface area contributed by atoms with Crippen LogP contribution in [0, 0.1) is 6.92 Å². The topological polar surface area (TPSA) is 43.1 Å². The third kappa shape index (κ3) is 2.55. The Morgan fingerprint density at radius 3 is 3.00 bits per heavy atom. The number of furan rings is 1. The third-order valence-electron chi connectivity index (χ3n) is 2.76. The van der Waals surface area contributed by atoms with Gasteiger partial charge in [0.25, 0.3) is 0 Å². The minimum absolute atomic E-state index is 0.0716. The van der Waals surface area contributed by atoms with Gasteiger partial charge in [-0.05, 0) is 31.2 Å². The number of aromatic nitrogens is 1. The van der Waals surface area contributed by atoms with Crippen molar-refractivity contribution in [3.05, 3.63) is 51.1 Å². The van der Waals surface area contributed by atoms with Gasteiger partial charge in [0.1, 0.15) is 5.58 Å². The van der Waals surface area contributed by atoms with E-state index in [2.05, 4.69) is 4.98 Å². The van der Waals surface area contributed by atoms with Crippen LogP contribution in [-0.2, 0) is 6.42 Å². The molecule has 0 fully saturated rings. The first kappa shape index (κ1) is 12.4. The van der Waals surface area contributed by atoms with Crippen LogP contribution in [-0.4, -0.2) is 10.8 Å². The first-order valence-corrected chi connectivity index (χ1v) is 7.01. The normalized spacial score (nSPS) is 11.1. The van der Waals surface area contributed by atoms with Crippen LogP contribution in [0.4, 0.5) is 0 Å². The van der Waals surface area contributed by atoms with E-state index in [4.69, 9.17) is 16.0 Å². The Balaban J connectivity index is 1.89. The molecular weight excluding hydrogens is 282 g/mol. The number of carbonyl (C=O) groups excluding carboxylic acids is 1. The molecule has 2 aromatic heterocycles. The average molecular weight is 292 g/mol. The third-order valence-corrected chi connectivity index (χ3v) is 3.82. The van der Waals surface area contributed by atoms with Crippen molar-refractivity contribution in [3.63, 3.8) is 0 Å². The number of nitrogens with zero attached hydrogens (tertiary/aromatic N) is 1. The number of rotatable bonds is 3. The standard InChI is InChI=1S/C14H10ClNO2S/c1-8-16-11(7-19-8)6-12(17)14-5-9-4-10(15)2-3-13(9)18-14/h2-5,7H,6H2,1H3. The van der Waals surface area contributed by atoms with E-state index in [0.29, 0.717) is 16.4 Å². The molecule has 3 aromatic rings. The number of thiazole rings is 1. The number of hydrogen-bond acceptors (Lipinski definition) is 4. The quantitative estimate of drug-likeness (QED) is 0.677. The summed E-state index contributed by atoms with van der Waals surface area (Å²) < 4.78 is 5.53. The minimum atomic E-state index is -0.0716. The van der Waals surface area contributed by atoms with Crippen LogP contribution in [0.25, 0.3) is 11.0 Å². The van der Waals surface area contributed by atoms with Crippen LogP contribution in [0.15, 0.2) is 34.1 Å². The smallest absolute Gasteiger partial charge is 0.203 e. The highest BCUT2D eigenvalue weighted by molar-refractivity contribution is 7.09. The van der Waals surface area contributed by atoms with E-state index in [-0.39, 0.29) is 12.2 Å². The number of halogens is 1. The van der Waals surface area contributed by atoms with E-state index in [1.807, 2.05) is 12.3 Å². The Hall–Kier alpha value is -1.65. The van der Waals surface area contributed by atoms with E-state index in [9.17, 15) is 4.79 Å². The van der Waals surface area contributed by atoms with Gasteiger partial charge in [-0.25, -0.2) is 4.98 Å². The number of ketones is 1. The van der Waals surface area contributed by atoms with Crippen molar-refractivity contribution in [3.8, 4) is 0 Å². The van der Waals surface area contributed by atoms with Gasteiger partial charge in [-0.3, -0.25) is 4.79 Å². The van der Waals surface area contributed by atoms with E-state index >= 15 is 0 Å². The van der Waals surface area contributed by atoms with Gasteiger partial charge in [-0.2, -0.15) is 0 Å². The Kier molecular flexibility index (Phi) is 3.12. The molecule has 0 atom stereocenters. The largest absolute Gasteiger partial charge is 0.453 e. The molecule has 0 saturated carbocycles. The maximum absolute atomic E-state index is 12.1. The van der Waals surface area contributed by atoms with Gasteiger partial charge >= 0.3 is 0 Å². The highest BCUT2D eigenvalue weighted by Gasteiger charge is 2.14. The summed E-state index contributed by atoms with van der Waals surface area (Å²) in [4.78, 5) is 16.4. The fourth-order valence-electron chi connectivity index (χ4n) is 1.89. The fourth-order valence-corrected chi connectivity index (χ4v) is 2.69. The van der Waals surface area contributed by atoms with E-state index in [0.717, 1.165) is 16.1 Å². The van der Waals surface area contributed by atoms with Crippen molar-refractivity contribution < 1.29 is 9.21 Å². The summed E-state index contributed by atoms with van der Waals surface area (Å²) in [5, 5.41) is 4.32. The lowest BCUT2D eigenvalue weighted by atomic mass is 10.2. The first-order chi connectivity index (χ1) is 9.11. The SMILES string of the molecule is Cc1nc(CC(=O)c2cc3cc(Cl)ccc3o2)cs1. The van der Waals surface area contributed by atoms with Crippen molar-refractivity contribution in [1.82, 2.24) is 4.98 Å². The Labute approximate surface area is 118 Å². The summed E-state index contributed by atoms with van der Waals surface area (Å²) >= 11 is 7.44. The summed E-state index contributed by atoms with van der Waals surface area (Å²) in [6.07, 6.45) is 0.262. The zero-order chi connectivity index (χ0) is 13.4. The molecule has 0 aliphatic carbocycles. The number of fused-ring (bicyclic) bond motifs is 1. The first-order valence-electron chi connectivity index (χ1n) is 5.75. The molecule has 0 radical (unpaired) electrons. The van der Waals surface area contributed by atoms with Gasteiger partial charge in [-0.15, -0.1) is 11.3 Å². The molecule has 0 bridgehead atoms. The van der Waals surface area contributed by atoms with E-state index in [1.165, 1.54) is 11.3 Å². The molecule has 0 aliphatic rings. The predicted octanol–water partition coefficient (Wildman–Crippen LogP) is 4.28. The molecule has 2 heterocycles. The maximum Gasteiger partial charge on any atom is 0.203 e. The van der Waals surface area contributed by atoms with Crippen LogP contribution < -0.4 is 0 Å². The molecule has 1 aromatic carbocycles. The summed E-state index contributed by atoms with van der Waals surface area (Å²) in [6, 6.07) is 7.01. The van der Waals surface area contributed by atoms with Crippen LogP contribution in [0.1, 0.15) is 21.3 Å². The summed E-state index contributed by atoms with van der Waals surface area (Å²) in [5.41, 5.74) is 1.45. The Morgan fingerprint density at radius 2 is 2.26 bits per heavy atom. The van der Waals surface area contributed by atoms with Crippen molar-refractivity contribution in [2.45, 2.75) is 13.3 Å². The van der Waals surface area contributed by atoms with Crippen LogP contribution >= 0.6 is 22.9 Å². The lowest BCUT2D eigenvalue weighted by Crippen LogP contribution is -2.02. The Morgan fingerprint density at radius 1 is 1.42 bits per heavy atom. The second-order valence-electron chi connectivity index (χ2n) is 4.25. The molecule has 0 unspecified atom stereocenters. The summed E-state index contributed by atoms with van der Waals surface area (Å²) in [7, 11) is 0. The Bertz CT molecular complexity index is 760. The number of aryl methyl sites for hydroxylation is 1. The molecule has 3 nitrogen and oxygen atoms in total. The molecule has 0 N–H and O–H groups in total. The average Bonchev–Trinajstić information content (AvgIpc) is 2.95. The van der Waals surface area contributed by atoms with Gasteiger partial charge in [0, 0.05) is 15.8 Å². The molecule has 96 valence electrons. The molecule has 3 rings (SSSR count). The zero-order valence-electron chi connectivity index (χ0n) is 10.1. The minimum Gasteiger partial charge on any atom is -0.453 e. The molecule has 0 amide bonds. The summed E-state index contributed by atoms with van der Waals surface area (Å²) in [5.74, 6) is 0.278. The number of Topliss-reactive ketones (excluding diaryl/α,β-unsaturated/α-hetero) is 1. The number of hydrogen-bond donors (Lipinski definition) is 0. The van der Waals surface area contributed by atoms with Gasteiger partial charge in [0.2, 0.25) is 5.78 Å². The van der Waals surface area contributed by atoms with Crippen molar-refractivity contribution in [2.75, 3.05) is 0 Å². The van der Waals surface area contributed by atoms with Crippen molar-refractivity contribution in [2.24, 2.45) is 0 Å². The van der Waals surface area contributed by atoms with Crippen LogP contribution in [0.5, 0.6) is 0 Å². The molecule has 0 saturated heterocycles. The van der Waals surface area contributed by atoms with Crippen LogP contribution in [0.2, 0.25) is 5.02 Å². The number of benzene rings is 1. The monoisotopic (exact) mass is 291 g/mol.